The summed E-state index contributed by atoms with van der Waals surface area (Å²) in [6, 6.07) is 5.67. The molecule has 1 aliphatic heterocycles. The lowest BCUT2D eigenvalue weighted by molar-refractivity contribution is -0.133. The van der Waals surface area contributed by atoms with Crippen LogP contribution in [0.5, 0.6) is 0 Å². The molecule has 3 aromatic heterocycles. The van der Waals surface area contributed by atoms with Gasteiger partial charge in [0.1, 0.15) is 11.2 Å². The van der Waals surface area contributed by atoms with Crippen molar-refractivity contribution in [1.82, 2.24) is 24.6 Å². The second-order valence-electron chi connectivity index (χ2n) is 8.95. The monoisotopic (exact) mass is 423 g/mol. The Hall–Kier alpha value is -3.03. The zero-order valence-electron chi connectivity index (χ0n) is 17.9. The molecule has 1 aliphatic carbocycles. The topological polar surface area (TPSA) is 85.3 Å². The van der Waals surface area contributed by atoms with Gasteiger partial charge in [-0.3, -0.25) is 14.3 Å². The molecule has 1 unspecified atom stereocenters. The van der Waals surface area contributed by atoms with Gasteiger partial charge in [-0.1, -0.05) is 25.7 Å². The summed E-state index contributed by atoms with van der Waals surface area (Å²) in [4.78, 5) is 28.9. The van der Waals surface area contributed by atoms with Gasteiger partial charge in [0.05, 0.1) is 24.9 Å². The smallest absolute Gasteiger partial charge is 0.271 e. The molecule has 0 spiro atoms. The van der Waals surface area contributed by atoms with E-state index in [1.54, 1.807) is 28.1 Å². The van der Waals surface area contributed by atoms with Gasteiger partial charge in [0.25, 0.3) is 5.91 Å². The molecular formula is C23H29N5O3. The molecule has 0 saturated heterocycles. The molecule has 3 aromatic rings. The number of carbonyl (C=O) groups excluding carboxylic acids is 2. The van der Waals surface area contributed by atoms with E-state index in [1.807, 2.05) is 29.8 Å². The molecule has 0 bridgehead atoms. The third kappa shape index (κ3) is 3.54. The molecule has 1 fully saturated rings. The van der Waals surface area contributed by atoms with Crippen molar-refractivity contribution >= 4 is 22.9 Å². The van der Waals surface area contributed by atoms with Crippen molar-refractivity contribution in [3.63, 3.8) is 0 Å². The van der Waals surface area contributed by atoms with Gasteiger partial charge in [0.15, 0.2) is 5.58 Å². The summed E-state index contributed by atoms with van der Waals surface area (Å²) in [6.07, 6.45) is 11.9. The molecule has 1 saturated carbocycles. The number of carbonyl (C=O) groups is 2. The molecule has 5 rings (SSSR count). The summed E-state index contributed by atoms with van der Waals surface area (Å²) in [5, 5.41) is 7.54. The van der Waals surface area contributed by atoms with Gasteiger partial charge in [0, 0.05) is 37.1 Å². The van der Waals surface area contributed by atoms with Crippen LogP contribution < -0.4 is 5.32 Å². The third-order valence-corrected chi connectivity index (χ3v) is 6.84. The quantitative estimate of drug-likeness (QED) is 0.639. The molecule has 2 amide bonds. The van der Waals surface area contributed by atoms with Gasteiger partial charge >= 0.3 is 0 Å². The largest absolute Gasteiger partial charge is 0.463 e. The summed E-state index contributed by atoms with van der Waals surface area (Å²) in [5.41, 5.74) is 1.09. The van der Waals surface area contributed by atoms with E-state index in [4.69, 9.17) is 4.42 Å². The normalized spacial score (nSPS) is 22.5. The van der Waals surface area contributed by atoms with Crippen LogP contribution in [0.25, 0.3) is 11.1 Å². The molecule has 4 heterocycles. The number of aromatic nitrogens is 3. The summed E-state index contributed by atoms with van der Waals surface area (Å²) in [6.45, 7) is 3.22. The number of hydrogen-bond donors (Lipinski definition) is 1. The van der Waals surface area contributed by atoms with Crippen molar-refractivity contribution in [2.75, 3.05) is 6.54 Å². The van der Waals surface area contributed by atoms with Crippen LogP contribution in [0.1, 0.15) is 55.9 Å². The van der Waals surface area contributed by atoms with Crippen LogP contribution in [0, 0.1) is 0 Å². The summed E-state index contributed by atoms with van der Waals surface area (Å²) in [7, 11) is 0. The molecule has 8 heteroatoms. The second kappa shape index (κ2) is 7.90. The first-order valence-corrected chi connectivity index (χ1v) is 11.2. The van der Waals surface area contributed by atoms with E-state index in [2.05, 4.69) is 10.4 Å². The first-order chi connectivity index (χ1) is 15.1. The Balaban J connectivity index is 1.46. The highest BCUT2D eigenvalue weighted by atomic mass is 16.3. The third-order valence-electron chi connectivity index (χ3n) is 6.84. The van der Waals surface area contributed by atoms with Crippen molar-refractivity contribution in [2.24, 2.45) is 0 Å². The summed E-state index contributed by atoms with van der Waals surface area (Å²) < 4.78 is 9.25. The van der Waals surface area contributed by atoms with Crippen molar-refractivity contribution < 1.29 is 14.0 Å². The first kappa shape index (κ1) is 19.9. The van der Waals surface area contributed by atoms with E-state index in [1.165, 1.54) is 12.8 Å². The van der Waals surface area contributed by atoms with E-state index in [9.17, 15) is 9.59 Å². The van der Waals surface area contributed by atoms with E-state index in [0.29, 0.717) is 30.9 Å². The Morgan fingerprint density at radius 1 is 1.26 bits per heavy atom. The molecule has 31 heavy (non-hydrogen) atoms. The zero-order chi connectivity index (χ0) is 21.4. The van der Waals surface area contributed by atoms with Crippen molar-refractivity contribution in [3.8, 4) is 0 Å². The highest BCUT2D eigenvalue weighted by Gasteiger charge is 2.48. The van der Waals surface area contributed by atoms with Crippen LogP contribution in [-0.2, 0) is 17.9 Å². The van der Waals surface area contributed by atoms with Crippen LogP contribution in [0.3, 0.4) is 0 Å². The predicted octanol–water partition coefficient (Wildman–Crippen LogP) is 3.18. The maximum Gasteiger partial charge on any atom is 0.271 e. The van der Waals surface area contributed by atoms with Crippen molar-refractivity contribution in [3.05, 3.63) is 42.5 Å². The molecular weight excluding hydrogens is 394 g/mol. The molecule has 0 aromatic carbocycles. The fraction of sp³-hybridized carbons (Fsp3) is 0.522. The molecule has 1 atom stereocenters. The number of amides is 2. The Bertz CT molecular complexity index is 1070. The van der Waals surface area contributed by atoms with E-state index >= 15 is 0 Å². The number of furan rings is 1. The molecule has 164 valence electrons. The maximum atomic E-state index is 13.7. The molecule has 2 aliphatic rings. The molecule has 8 nitrogen and oxygen atoms in total. The van der Waals surface area contributed by atoms with Crippen LogP contribution in [0.4, 0.5) is 0 Å². The lowest BCUT2D eigenvalue weighted by Gasteiger charge is -2.44. The fourth-order valence-electron chi connectivity index (χ4n) is 5.02. The van der Waals surface area contributed by atoms with Crippen LogP contribution in [0.15, 0.2) is 41.3 Å². The average Bonchev–Trinajstić information content (AvgIpc) is 3.45. The second-order valence-corrected chi connectivity index (χ2v) is 8.95. The van der Waals surface area contributed by atoms with Crippen LogP contribution in [-0.4, -0.2) is 49.2 Å². The first-order valence-electron chi connectivity index (χ1n) is 11.2. The Kier molecular flexibility index (Phi) is 5.08. The van der Waals surface area contributed by atoms with E-state index in [-0.39, 0.29) is 17.9 Å². The molecule has 1 N–H and O–H groups in total. The van der Waals surface area contributed by atoms with E-state index in [0.717, 1.165) is 31.2 Å². The lowest BCUT2D eigenvalue weighted by atomic mass is 9.93. The minimum absolute atomic E-state index is 0.0794. The van der Waals surface area contributed by atoms with Crippen molar-refractivity contribution in [1.29, 1.82) is 0 Å². The Labute approximate surface area is 181 Å². The highest BCUT2D eigenvalue weighted by Crippen LogP contribution is 2.33. The standard InChI is InChI=1S/C23H29N5O3/c1-23(22(30)25-17-7-4-2-3-5-8-17)16-27-18-9-14-31-20(18)15-19(27)21(29)28(23)13-12-26-11-6-10-24-26/h6,9-11,14-15,17H,2-5,7-8,12-13,16H2,1H3,(H,25,30). The summed E-state index contributed by atoms with van der Waals surface area (Å²) in [5.74, 6) is -0.229. The Morgan fingerprint density at radius 3 is 2.81 bits per heavy atom. The minimum atomic E-state index is -0.993. The number of fused-ring (bicyclic) bond motifs is 3. The van der Waals surface area contributed by atoms with Crippen molar-refractivity contribution in [2.45, 2.75) is 70.1 Å². The SMILES string of the molecule is CC1(C(=O)NC2CCCCCC2)Cn2c(cc3occc32)C(=O)N1CCn1cccn1. The van der Waals surface area contributed by atoms with E-state index < -0.39 is 5.54 Å². The van der Waals surface area contributed by atoms with Gasteiger partial charge in [-0.25, -0.2) is 0 Å². The number of rotatable bonds is 5. The lowest BCUT2D eigenvalue weighted by Crippen LogP contribution is -2.65. The van der Waals surface area contributed by atoms with Crippen LogP contribution in [0.2, 0.25) is 0 Å². The van der Waals surface area contributed by atoms with Gasteiger partial charge in [-0.2, -0.15) is 5.10 Å². The fourth-order valence-corrected chi connectivity index (χ4v) is 5.02. The zero-order valence-corrected chi connectivity index (χ0v) is 17.9. The van der Waals surface area contributed by atoms with Crippen LogP contribution >= 0.6 is 0 Å². The van der Waals surface area contributed by atoms with Gasteiger partial charge in [-0.15, -0.1) is 0 Å². The average molecular weight is 424 g/mol. The summed E-state index contributed by atoms with van der Waals surface area (Å²) >= 11 is 0. The minimum Gasteiger partial charge on any atom is -0.463 e. The van der Waals surface area contributed by atoms with Gasteiger partial charge in [-0.05, 0) is 25.8 Å². The molecule has 0 radical (unpaired) electrons. The number of nitrogens with one attached hydrogen (secondary N) is 1. The van der Waals surface area contributed by atoms with Gasteiger partial charge in [0.2, 0.25) is 5.91 Å². The number of nitrogens with zero attached hydrogens (tertiary/aromatic N) is 4. The van der Waals surface area contributed by atoms with Gasteiger partial charge < -0.3 is 19.2 Å². The predicted molar refractivity (Wildman–Crippen MR) is 116 cm³/mol. The maximum absolute atomic E-state index is 13.7. The Morgan fingerprint density at radius 2 is 2.06 bits per heavy atom. The number of hydrogen-bond acceptors (Lipinski definition) is 4. The highest BCUT2D eigenvalue weighted by molar-refractivity contribution is 6.02.